The first-order valence-corrected chi connectivity index (χ1v) is 9.52. The summed E-state index contributed by atoms with van der Waals surface area (Å²) >= 11 is 0. The van der Waals surface area contributed by atoms with Gasteiger partial charge < -0.3 is 0 Å². The number of fused-ring (bicyclic) bond motifs is 2. The van der Waals surface area contributed by atoms with Crippen LogP contribution in [0.1, 0.15) is 28.2 Å². The minimum absolute atomic E-state index is 0.277. The van der Waals surface area contributed by atoms with E-state index >= 15 is 0 Å². The molecule has 1 aliphatic carbocycles. The van der Waals surface area contributed by atoms with Gasteiger partial charge in [0.15, 0.2) is 0 Å². The van der Waals surface area contributed by atoms with Gasteiger partial charge in [-0.3, -0.25) is 5.43 Å². The maximum atomic E-state index is 4.51. The van der Waals surface area contributed by atoms with E-state index in [4.69, 9.17) is 0 Å². The summed E-state index contributed by atoms with van der Waals surface area (Å²) in [7, 11) is 0. The van der Waals surface area contributed by atoms with Crippen LogP contribution in [0.5, 0.6) is 0 Å². The normalized spacial score (nSPS) is 15.2. The molecule has 2 nitrogen and oxygen atoms in total. The average molecular weight is 360 g/mol. The molecule has 0 heterocycles. The monoisotopic (exact) mass is 360 g/mol. The van der Waals surface area contributed by atoms with Gasteiger partial charge in [-0.25, -0.2) is 0 Å². The van der Waals surface area contributed by atoms with Crippen LogP contribution in [-0.4, -0.2) is 6.21 Å². The molecule has 0 aliphatic heterocycles. The molecule has 1 atom stereocenters. The molecule has 0 bridgehead atoms. The first kappa shape index (κ1) is 16.5. The highest BCUT2D eigenvalue weighted by Crippen LogP contribution is 2.36. The maximum absolute atomic E-state index is 4.51. The number of allylic oxidation sites excluding steroid dienone is 1. The van der Waals surface area contributed by atoms with E-state index in [-0.39, 0.29) is 5.92 Å². The third-order valence-corrected chi connectivity index (χ3v) is 5.28. The van der Waals surface area contributed by atoms with Crippen LogP contribution in [0.4, 0.5) is 5.69 Å². The van der Waals surface area contributed by atoms with Gasteiger partial charge in [-0.15, -0.1) is 0 Å². The number of nitrogens with zero attached hydrogens (tertiary/aromatic N) is 1. The summed E-state index contributed by atoms with van der Waals surface area (Å²) < 4.78 is 0. The molecule has 4 aromatic carbocycles. The number of hydrogen-bond donors (Lipinski definition) is 1. The van der Waals surface area contributed by atoms with Crippen molar-refractivity contribution in [3.05, 3.63) is 119 Å². The molecule has 0 fully saturated rings. The van der Waals surface area contributed by atoms with Crippen LogP contribution in [0.25, 0.3) is 16.8 Å². The van der Waals surface area contributed by atoms with Crippen LogP contribution in [0.15, 0.2) is 102 Å². The summed E-state index contributed by atoms with van der Waals surface area (Å²) in [4.78, 5) is 0. The van der Waals surface area contributed by atoms with E-state index in [9.17, 15) is 0 Å². The second kappa shape index (κ2) is 7.16. The minimum atomic E-state index is 0.277. The van der Waals surface area contributed by atoms with E-state index in [2.05, 4.69) is 114 Å². The highest BCUT2D eigenvalue weighted by Gasteiger charge is 2.20. The molecule has 0 aromatic heterocycles. The number of nitrogens with one attached hydrogen (secondary N) is 1. The zero-order valence-corrected chi connectivity index (χ0v) is 15.4. The van der Waals surface area contributed by atoms with E-state index in [1.807, 2.05) is 6.21 Å². The van der Waals surface area contributed by atoms with Gasteiger partial charge in [-0.05, 0) is 45.2 Å². The molecule has 4 aromatic rings. The zero-order chi connectivity index (χ0) is 18.8. The fourth-order valence-corrected chi connectivity index (χ4v) is 3.87. The van der Waals surface area contributed by atoms with E-state index in [1.165, 1.54) is 27.5 Å². The highest BCUT2D eigenvalue weighted by atomic mass is 15.3. The first-order chi connectivity index (χ1) is 13.9. The molecule has 2 heteroatoms. The minimum Gasteiger partial charge on any atom is -0.278 e. The largest absolute Gasteiger partial charge is 0.278 e. The Bertz CT molecular complexity index is 1200. The molecule has 0 saturated carbocycles. The first-order valence-electron chi connectivity index (χ1n) is 9.52. The molecule has 1 unspecified atom stereocenters. The fraction of sp³-hybridized carbons (Fsp3) is 0.0385. The third kappa shape index (κ3) is 3.10. The number of anilines is 1. The Labute approximate surface area is 164 Å². The lowest BCUT2D eigenvalue weighted by Crippen LogP contribution is -2.01. The summed E-state index contributed by atoms with van der Waals surface area (Å²) in [6.07, 6.45) is 6.40. The van der Waals surface area contributed by atoms with Crippen molar-refractivity contribution in [1.29, 1.82) is 0 Å². The molecule has 0 spiro atoms. The highest BCUT2D eigenvalue weighted by molar-refractivity contribution is 5.87. The second-order valence-corrected chi connectivity index (χ2v) is 7.03. The van der Waals surface area contributed by atoms with Gasteiger partial charge in [-0.1, -0.05) is 91.0 Å². The lowest BCUT2D eigenvalue weighted by atomic mass is 9.90. The lowest BCUT2D eigenvalue weighted by molar-refractivity contribution is 1.05. The molecular formula is C26H20N2. The van der Waals surface area contributed by atoms with Gasteiger partial charge in [-0.2, -0.15) is 5.10 Å². The van der Waals surface area contributed by atoms with E-state index < -0.39 is 0 Å². The lowest BCUT2D eigenvalue weighted by Gasteiger charge is -2.14. The van der Waals surface area contributed by atoms with Crippen molar-refractivity contribution in [2.45, 2.75) is 5.92 Å². The van der Waals surface area contributed by atoms with Crippen molar-refractivity contribution in [2.24, 2.45) is 5.10 Å². The molecule has 1 aliphatic rings. The van der Waals surface area contributed by atoms with Gasteiger partial charge in [0.05, 0.1) is 11.9 Å². The number of hydrazone groups is 1. The molecule has 0 radical (unpaired) electrons. The Morgan fingerprint density at radius 3 is 2.39 bits per heavy atom. The van der Waals surface area contributed by atoms with Gasteiger partial charge in [0.1, 0.15) is 0 Å². The number of rotatable bonds is 4. The topological polar surface area (TPSA) is 24.4 Å². The Hall–Kier alpha value is -3.65. The van der Waals surface area contributed by atoms with Crippen LogP contribution < -0.4 is 5.43 Å². The van der Waals surface area contributed by atoms with E-state index in [0.717, 1.165) is 11.3 Å². The summed E-state index contributed by atoms with van der Waals surface area (Å²) in [6, 6.07) is 31.7. The van der Waals surface area contributed by atoms with Crippen molar-refractivity contribution in [3.63, 3.8) is 0 Å². The second-order valence-electron chi connectivity index (χ2n) is 7.03. The molecule has 0 amide bonds. The van der Waals surface area contributed by atoms with Crippen LogP contribution >= 0.6 is 0 Å². The van der Waals surface area contributed by atoms with Crippen molar-refractivity contribution >= 4 is 28.8 Å². The average Bonchev–Trinajstić information content (AvgIpc) is 3.18. The third-order valence-electron chi connectivity index (χ3n) is 5.28. The summed E-state index contributed by atoms with van der Waals surface area (Å²) in [5, 5.41) is 6.94. The molecule has 0 saturated heterocycles. The van der Waals surface area contributed by atoms with Crippen LogP contribution in [0.2, 0.25) is 0 Å². The number of hydrogen-bond acceptors (Lipinski definition) is 2. The van der Waals surface area contributed by atoms with Crippen LogP contribution in [-0.2, 0) is 0 Å². The van der Waals surface area contributed by atoms with Crippen molar-refractivity contribution in [3.8, 4) is 0 Å². The molecule has 134 valence electrons. The van der Waals surface area contributed by atoms with E-state index in [1.54, 1.807) is 0 Å². The molecule has 1 N–H and O–H groups in total. The molecule has 28 heavy (non-hydrogen) atoms. The zero-order valence-electron chi connectivity index (χ0n) is 15.4. The van der Waals surface area contributed by atoms with Gasteiger partial charge in [0, 0.05) is 5.92 Å². The maximum Gasteiger partial charge on any atom is 0.0568 e. The Balaban J connectivity index is 1.41. The Morgan fingerprint density at radius 2 is 1.46 bits per heavy atom. The van der Waals surface area contributed by atoms with Gasteiger partial charge in [0.25, 0.3) is 0 Å². The fourth-order valence-electron chi connectivity index (χ4n) is 3.87. The van der Waals surface area contributed by atoms with Crippen molar-refractivity contribution in [1.82, 2.24) is 0 Å². The summed E-state index contributed by atoms with van der Waals surface area (Å²) in [6.45, 7) is 0. The number of benzene rings is 4. The molecular weight excluding hydrogens is 340 g/mol. The molecule has 5 rings (SSSR count). The van der Waals surface area contributed by atoms with Gasteiger partial charge in [0.2, 0.25) is 0 Å². The van der Waals surface area contributed by atoms with Crippen LogP contribution in [0.3, 0.4) is 0 Å². The van der Waals surface area contributed by atoms with Crippen molar-refractivity contribution in [2.75, 3.05) is 5.43 Å². The Morgan fingerprint density at radius 1 is 0.714 bits per heavy atom. The predicted molar refractivity (Wildman–Crippen MR) is 119 cm³/mol. The predicted octanol–water partition coefficient (Wildman–Crippen LogP) is 6.44. The van der Waals surface area contributed by atoms with Crippen molar-refractivity contribution < 1.29 is 0 Å². The Kier molecular flexibility index (Phi) is 4.23. The quantitative estimate of drug-likeness (QED) is 0.328. The standard InChI is InChI=1S/C26H20N2/c1-2-9-21-17-23(15-13-19(21)7-1)28-27-18-22-10-4-6-12-25(22)26-16-14-20-8-3-5-11-24(20)26/h1-18,26,28H/b27-18+. The summed E-state index contributed by atoms with van der Waals surface area (Å²) in [5.41, 5.74) is 9.21. The smallest absolute Gasteiger partial charge is 0.0568 e. The van der Waals surface area contributed by atoms with Crippen LogP contribution in [0, 0.1) is 0 Å². The summed E-state index contributed by atoms with van der Waals surface area (Å²) in [5.74, 6) is 0.277. The SMILES string of the molecule is C1=CC(c2ccccc2/C=N/Nc2ccc3ccccc3c2)c2ccccc21. The van der Waals surface area contributed by atoms with E-state index in [0.29, 0.717) is 0 Å². The van der Waals surface area contributed by atoms with Gasteiger partial charge >= 0.3 is 0 Å².